The molecule has 3 aromatic rings. The molecule has 1 amide bonds. The third kappa shape index (κ3) is 4.76. The number of carbonyl (C=O) groups excluding carboxylic acids is 1. The fraction of sp³-hybridized carbons (Fsp3) is 0.391. The smallest absolute Gasteiger partial charge is 0.263 e. The van der Waals surface area contributed by atoms with Gasteiger partial charge in [0, 0.05) is 43.0 Å². The predicted molar refractivity (Wildman–Crippen MR) is 120 cm³/mol. The highest BCUT2D eigenvalue weighted by Crippen LogP contribution is 2.29. The van der Waals surface area contributed by atoms with Crippen LogP contribution in [0.25, 0.3) is 10.9 Å². The summed E-state index contributed by atoms with van der Waals surface area (Å²) in [5.74, 6) is 1.97. The van der Waals surface area contributed by atoms with E-state index in [0.717, 1.165) is 29.7 Å². The second-order valence-corrected chi connectivity index (χ2v) is 8.15. The Morgan fingerprint density at radius 3 is 2.75 bits per heavy atom. The zero-order chi connectivity index (χ0) is 22.8. The molecule has 168 valence electrons. The number of carbonyl (C=O) groups is 1. The molecule has 1 aromatic carbocycles. The van der Waals surface area contributed by atoms with Crippen LogP contribution in [0.2, 0.25) is 0 Å². The van der Waals surface area contributed by atoms with E-state index in [1.54, 1.807) is 19.2 Å². The number of hydrogen-bond acceptors (Lipinski definition) is 6. The average Bonchev–Trinajstić information content (AvgIpc) is 3.21. The molecule has 0 radical (unpaired) electrons. The van der Waals surface area contributed by atoms with Gasteiger partial charge in [-0.05, 0) is 38.0 Å². The Kier molecular flexibility index (Phi) is 6.16. The summed E-state index contributed by atoms with van der Waals surface area (Å²) in [5, 5.41) is 7.12. The fourth-order valence-corrected chi connectivity index (χ4v) is 4.05. The Bertz CT molecular complexity index is 1140. The van der Waals surface area contributed by atoms with Crippen molar-refractivity contribution in [2.45, 2.75) is 45.7 Å². The average molecular weight is 440 g/mol. The largest absolute Gasteiger partial charge is 0.363 e. The third-order valence-corrected chi connectivity index (χ3v) is 5.61. The minimum atomic E-state index is -2.51. The number of aryl methyl sites for hydroxylation is 1. The maximum Gasteiger partial charge on any atom is 0.263 e. The van der Waals surface area contributed by atoms with Gasteiger partial charge < -0.3 is 15.5 Å². The molecular formula is C23H26F2N6O. The maximum atomic E-state index is 13.1. The molecule has 1 saturated heterocycles. The molecule has 1 aliphatic rings. The van der Waals surface area contributed by atoms with Crippen LogP contribution in [-0.4, -0.2) is 40.0 Å². The molecule has 32 heavy (non-hydrogen) atoms. The number of aromatic nitrogens is 3. The van der Waals surface area contributed by atoms with Gasteiger partial charge in [0.1, 0.15) is 17.5 Å². The summed E-state index contributed by atoms with van der Waals surface area (Å²) in [6.07, 6.45) is 0.0599. The van der Waals surface area contributed by atoms with Crippen LogP contribution in [0.4, 0.5) is 20.4 Å². The summed E-state index contributed by atoms with van der Waals surface area (Å²) >= 11 is 0. The van der Waals surface area contributed by atoms with Crippen LogP contribution in [0.3, 0.4) is 0 Å². The van der Waals surface area contributed by atoms with Gasteiger partial charge >= 0.3 is 0 Å². The molecule has 1 fully saturated rings. The van der Waals surface area contributed by atoms with Gasteiger partial charge in [-0.2, -0.15) is 0 Å². The molecule has 1 aliphatic heterocycles. The number of nitrogens with zero attached hydrogens (tertiary/aromatic N) is 4. The molecule has 2 atom stereocenters. The maximum absolute atomic E-state index is 13.1. The number of hydrogen-bond donors (Lipinski definition) is 2. The van der Waals surface area contributed by atoms with E-state index >= 15 is 0 Å². The van der Waals surface area contributed by atoms with Gasteiger partial charge in [-0.15, -0.1) is 0 Å². The van der Waals surface area contributed by atoms with Gasteiger partial charge in [0.2, 0.25) is 5.91 Å². The van der Waals surface area contributed by atoms with Crippen LogP contribution >= 0.6 is 0 Å². The van der Waals surface area contributed by atoms with Crippen LogP contribution in [0.15, 0.2) is 36.5 Å². The Hall–Kier alpha value is -3.36. The number of rotatable bonds is 6. The van der Waals surface area contributed by atoms with Crippen LogP contribution < -0.4 is 15.5 Å². The Morgan fingerprint density at radius 2 is 2.00 bits per heavy atom. The molecular weight excluding hydrogens is 414 g/mol. The van der Waals surface area contributed by atoms with E-state index in [2.05, 4.69) is 30.5 Å². The van der Waals surface area contributed by atoms with Crippen molar-refractivity contribution in [2.24, 2.45) is 0 Å². The number of fused-ring (bicyclic) bond motifs is 1. The van der Waals surface area contributed by atoms with Crippen LogP contribution in [0.5, 0.6) is 0 Å². The van der Waals surface area contributed by atoms with E-state index in [4.69, 9.17) is 0 Å². The van der Waals surface area contributed by atoms with Crippen molar-refractivity contribution in [3.63, 3.8) is 0 Å². The first-order valence-corrected chi connectivity index (χ1v) is 10.6. The Labute approximate surface area is 185 Å². The van der Waals surface area contributed by atoms with Gasteiger partial charge in [-0.25, -0.2) is 23.7 Å². The minimum Gasteiger partial charge on any atom is -0.363 e. The lowest BCUT2D eigenvalue weighted by atomic mass is 10.1. The van der Waals surface area contributed by atoms with Gasteiger partial charge in [-0.1, -0.05) is 18.2 Å². The highest BCUT2D eigenvalue weighted by Gasteiger charge is 2.24. The lowest BCUT2D eigenvalue weighted by molar-refractivity contribution is -0.119. The second kappa shape index (κ2) is 9.02. The van der Waals surface area contributed by atoms with E-state index in [1.165, 1.54) is 19.1 Å². The van der Waals surface area contributed by atoms with Crippen molar-refractivity contribution in [1.29, 1.82) is 0 Å². The number of alkyl halides is 2. The summed E-state index contributed by atoms with van der Waals surface area (Å²) in [6.45, 7) is 6.71. The first kappa shape index (κ1) is 21.9. The molecule has 4 rings (SSSR count). The first-order chi connectivity index (χ1) is 15.3. The lowest BCUT2D eigenvalue weighted by Crippen LogP contribution is -2.35. The molecule has 0 saturated carbocycles. The summed E-state index contributed by atoms with van der Waals surface area (Å²) in [6, 6.07) is 8.19. The number of pyridine rings is 1. The quantitative estimate of drug-likeness (QED) is 0.599. The SMILES string of the molecule is CC(=O)N[C@H]1CCN(c2cc3c(NC(C)c4cccc(C(F)F)c4)nc(C)nc3cn2)C1. The zero-order valence-corrected chi connectivity index (χ0v) is 18.3. The van der Waals surface area contributed by atoms with Gasteiger partial charge in [-0.3, -0.25) is 4.79 Å². The molecule has 2 aromatic heterocycles. The lowest BCUT2D eigenvalue weighted by Gasteiger charge is -2.20. The zero-order valence-electron chi connectivity index (χ0n) is 18.3. The topological polar surface area (TPSA) is 83.0 Å². The molecule has 0 spiro atoms. The van der Waals surface area contributed by atoms with Crippen LogP contribution in [0.1, 0.15) is 49.7 Å². The Balaban J connectivity index is 1.62. The highest BCUT2D eigenvalue weighted by molar-refractivity contribution is 5.90. The normalized spacial score (nSPS) is 17.1. The van der Waals surface area contributed by atoms with E-state index in [9.17, 15) is 13.6 Å². The monoisotopic (exact) mass is 440 g/mol. The van der Waals surface area contributed by atoms with Crippen molar-refractivity contribution in [3.05, 3.63) is 53.5 Å². The van der Waals surface area contributed by atoms with E-state index in [1.807, 2.05) is 19.1 Å². The van der Waals surface area contributed by atoms with Gasteiger partial charge in [0.15, 0.2) is 0 Å². The predicted octanol–water partition coefficient (Wildman–Crippen LogP) is 4.16. The van der Waals surface area contributed by atoms with Gasteiger partial charge in [0.25, 0.3) is 6.43 Å². The number of amides is 1. The molecule has 0 bridgehead atoms. The van der Waals surface area contributed by atoms with Crippen molar-refractivity contribution in [1.82, 2.24) is 20.3 Å². The summed E-state index contributed by atoms with van der Waals surface area (Å²) < 4.78 is 26.2. The van der Waals surface area contributed by atoms with Crippen molar-refractivity contribution >= 4 is 28.4 Å². The van der Waals surface area contributed by atoms with Gasteiger partial charge in [0.05, 0.1) is 11.7 Å². The molecule has 1 unspecified atom stereocenters. The molecule has 7 nitrogen and oxygen atoms in total. The molecule has 9 heteroatoms. The molecule has 0 aliphatic carbocycles. The number of benzene rings is 1. The van der Waals surface area contributed by atoms with Crippen molar-refractivity contribution in [3.8, 4) is 0 Å². The van der Waals surface area contributed by atoms with E-state index in [-0.39, 0.29) is 23.6 Å². The van der Waals surface area contributed by atoms with Crippen molar-refractivity contribution in [2.75, 3.05) is 23.3 Å². The third-order valence-electron chi connectivity index (χ3n) is 5.61. The fourth-order valence-electron chi connectivity index (χ4n) is 4.05. The highest BCUT2D eigenvalue weighted by atomic mass is 19.3. The standard InChI is InChI=1S/C23H26F2N6O/c1-13(16-5-4-6-17(9-16)22(24)25)27-23-19-10-21(26-11-20(19)28-14(2)29-23)31-8-7-18(12-31)30-15(3)32/h4-6,9-11,13,18,22H,7-8,12H2,1-3H3,(H,30,32)(H,27,28,29)/t13?,18-/m0/s1. The summed E-state index contributed by atoms with van der Waals surface area (Å²) in [5.41, 5.74) is 1.45. The van der Waals surface area contributed by atoms with E-state index < -0.39 is 6.43 Å². The number of anilines is 2. The van der Waals surface area contributed by atoms with Crippen LogP contribution in [0, 0.1) is 6.92 Å². The number of halogens is 2. The molecule has 2 N–H and O–H groups in total. The van der Waals surface area contributed by atoms with E-state index in [0.29, 0.717) is 23.7 Å². The Morgan fingerprint density at radius 1 is 1.22 bits per heavy atom. The summed E-state index contributed by atoms with van der Waals surface area (Å²) in [4.78, 5) is 27.1. The summed E-state index contributed by atoms with van der Waals surface area (Å²) in [7, 11) is 0. The minimum absolute atomic E-state index is 0.00544. The number of nitrogens with one attached hydrogen (secondary N) is 2. The van der Waals surface area contributed by atoms with Crippen molar-refractivity contribution < 1.29 is 13.6 Å². The second-order valence-electron chi connectivity index (χ2n) is 8.15. The van der Waals surface area contributed by atoms with Crippen LogP contribution in [-0.2, 0) is 4.79 Å². The first-order valence-electron chi connectivity index (χ1n) is 10.6. The molecule has 3 heterocycles.